The Bertz CT molecular complexity index is 4290. The van der Waals surface area contributed by atoms with Crippen molar-refractivity contribution in [1.82, 2.24) is 5.32 Å². The van der Waals surface area contributed by atoms with Crippen molar-refractivity contribution in [3.63, 3.8) is 0 Å². The number of ether oxygens (including phenoxy) is 12. The Labute approximate surface area is 704 Å². The number of carbonyl (C=O) groups is 5. The van der Waals surface area contributed by atoms with Crippen LogP contribution in [0.4, 0.5) is 52.7 Å². The van der Waals surface area contributed by atoms with Crippen LogP contribution >= 0.6 is 0 Å². The number of alkyl halides is 12. The Morgan fingerprint density at radius 2 is 0.637 bits per heavy atom. The third-order valence-corrected chi connectivity index (χ3v) is 18.5. The number of carboxylic acid groups (broad SMARTS) is 4. The minimum Gasteiger partial charge on any atom is -0.475 e. The van der Waals surface area contributed by atoms with Crippen LogP contribution in [0.2, 0.25) is 0 Å². The van der Waals surface area contributed by atoms with E-state index in [1.807, 2.05) is 243 Å². The predicted octanol–water partition coefficient (Wildman–Crippen LogP) is 11.9. The summed E-state index contributed by atoms with van der Waals surface area (Å²) >= 11 is 0. The van der Waals surface area contributed by atoms with Gasteiger partial charge in [0.2, 0.25) is 5.91 Å². The van der Waals surface area contributed by atoms with Crippen LogP contribution in [0.5, 0.6) is 0 Å². The molecule has 26 nitrogen and oxygen atoms in total. The molecule has 16 atom stereocenters. The van der Waals surface area contributed by atoms with Gasteiger partial charge in [-0.3, -0.25) is 4.79 Å². The smallest absolute Gasteiger partial charge is 0.475 e. The Balaban J connectivity index is 0.000000649. The van der Waals surface area contributed by atoms with Crippen molar-refractivity contribution >= 4 is 29.8 Å². The minimum atomic E-state index is -5.08. The number of hydrogen-bond acceptors (Lipinski definition) is 21. The van der Waals surface area contributed by atoms with Gasteiger partial charge in [-0.25, -0.2) is 19.2 Å². The number of rotatable bonds is 34. The van der Waals surface area contributed by atoms with Crippen LogP contribution < -0.4 is 28.3 Å². The van der Waals surface area contributed by atoms with E-state index in [4.69, 9.17) is 119 Å². The number of benzene rings is 8. The zero-order valence-corrected chi connectivity index (χ0v) is 66.1. The number of halogens is 12. The second kappa shape index (κ2) is 50.5. The summed E-state index contributed by atoms with van der Waals surface area (Å²) in [5.74, 6) is -11.5. The summed E-state index contributed by atoms with van der Waals surface area (Å²) < 4.78 is 212. The summed E-state index contributed by atoms with van der Waals surface area (Å²) in [5, 5.41) is 31.8. The molecule has 38 heteroatoms. The molecule has 2 heterocycles. The van der Waals surface area contributed by atoms with E-state index >= 15 is 4.79 Å². The first-order chi connectivity index (χ1) is 59.0. The van der Waals surface area contributed by atoms with Crippen LogP contribution in [0.15, 0.2) is 243 Å². The number of nitrogens with two attached hydrogens (primary N) is 4. The summed E-state index contributed by atoms with van der Waals surface area (Å²) in [6.45, 7) is 1.66. The number of carbonyl (C=O) groups excluding carboxylic acids is 1. The highest BCUT2D eigenvalue weighted by atomic mass is 19.4. The number of amides is 1. The van der Waals surface area contributed by atoms with E-state index in [1.54, 1.807) is 0 Å². The molecule has 1 aliphatic carbocycles. The Morgan fingerprint density at radius 3 is 0.968 bits per heavy atom. The topological polar surface area (TPSA) is 393 Å². The zero-order valence-electron chi connectivity index (χ0n) is 66.1. The average Bonchev–Trinajstić information content (AvgIpc) is 0.762. The van der Waals surface area contributed by atoms with Gasteiger partial charge in [0.1, 0.15) is 67.1 Å². The third kappa shape index (κ3) is 34.3. The number of nitrogens with one attached hydrogen (secondary N) is 1. The van der Waals surface area contributed by atoms with Crippen molar-refractivity contribution in [2.45, 2.75) is 188 Å². The molecule has 0 bridgehead atoms. The van der Waals surface area contributed by atoms with Crippen LogP contribution in [0.3, 0.4) is 0 Å². The van der Waals surface area contributed by atoms with Crippen LogP contribution in [0, 0.1) is 0 Å². The van der Waals surface area contributed by atoms with Crippen molar-refractivity contribution in [3.05, 3.63) is 287 Å². The molecule has 0 radical (unpaired) electrons. The Hall–Kier alpha value is -10.4. The standard InChI is InChI=1S/C78H91N5O13.4C2HF3O2/c79-42-41-64(86-46-55-27-11-2-12-28-55)76(84)83-63-43-62(81)68(95-78-75(92-52-61-39-23-8-24-40-61)74(91-51-60-37-21-7-22-38-60)71(65(44-80)93-78)88-48-57-31-15-4-16-32-57)73(90-50-59-35-19-6-20-36-59)69(63)96-77-72(89-49-58-33-17-5-18-34-58)67(82)70(87-47-56-29-13-3-14-30-56)66(94-77)53-85-45-54-25-9-1-10-26-54;4*3-2(4,5)1(6)7/h1-40,62-75,77-78H,41-53,79-82H2,(H,83,84);4*(H,6,7)/t62-,63+,64?,65-,66-,67+,68+,69-,70-,71-,72-,73-,74+,75-,77-,78-;;;;/m1..../s1. The molecule has 1 unspecified atom stereocenters. The van der Waals surface area contributed by atoms with Gasteiger partial charge in [0.15, 0.2) is 12.6 Å². The van der Waals surface area contributed by atoms with Gasteiger partial charge in [0, 0.05) is 12.6 Å². The van der Waals surface area contributed by atoms with Gasteiger partial charge in [-0.2, -0.15) is 52.7 Å². The first-order valence-electron chi connectivity index (χ1n) is 38.3. The molecule has 3 aliphatic rings. The minimum absolute atomic E-state index is 0.0205. The maximum atomic E-state index is 15.2. The van der Waals surface area contributed by atoms with Crippen molar-refractivity contribution in [2.24, 2.45) is 22.9 Å². The normalized spacial score (nSPS) is 22.8. The second-order valence-corrected chi connectivity index (χ2v) is 27.8. The molecule has 1 saturated carbocycles. The fourth-order valence-electron chi connectivity index (χ4n) is 12.5. The quantitative estimate of drug-likeness (QED) is 0.0169. The molecule has 674 valence electrons. The molecule has 2 aliphatic heterocycles. The van der Waals surface area contributed by atoms with E-state index in [9.17, 15) is 52.7 Å². The summed E-state index contributed by atoms with van der Waals surface area (Å²) in [6.07, 6.45) is -32.8. The zero-order chi connectivity index (χ0) is 90.4. The highest BCUT2D eigenvalue weighted by Gasteiger charge is 2.56. The van der Waals surface area contributed by atoms with Gasteiger partial charge in [-0.05, 0) is 63.9 Å². The maximum absolute atomic E-state index is 15.2. The molecular weight excluding hydrogens is 1670 g/mol. The van der Waals surface area contributed by atoms with Crippen LogP contribution in [-0.4, -0.2) is 192 Å². The van der Waals surface area contributed by atoms with Crippen molar-refractivity contribution in [1.29, 1.82) is 0 Å². The molecule has 3 fully saturated rings. The molecule has 8 aromatic carbocycles. The molecule has 0 aromatic heterocycles. The SMILES string of the molecule is NCCC(OCc1ccccc1)C(=O)N[C@H]1C[C@@H](N)[C@H](O[C@H]2O[C@H](CN)[C@@H](OCc3ccccc3)[C@H](OCc3ccccc3)[C@H]2OCc2ccccc2)[C@@H](OCc2ccccc2)[C@@H]1O[C@H]1O[C@H](COCc2ccccc2)[C@@H](OCc2ccccc2)[C@H](N)[C@H]1OCc1ccccc1.O=C(O)C(F)(F)F.O=C(O)C(F)(F)F.O=C(O)C(F)(F)F.O=C(O)C(F)(F)F. The first kappa shape index (κ1) is 101. The molecule has 8 aromatic rings. The average molecular weight is 1760 g/mol. The lowest BCUT2D eigenvalue weighted by Gasteiger charge is -2.51. The molecule has 124 heavy (non-hydrogen) atoms. The van der Waals surface area contributed by atoms with Gasteiger partial charge in [-0.1, -0.05) is 243 Å². The fraction of sp³-hybridized carbons (Fsp3) is 0.384. The second-order valence-electron chi connectivity index (χ2n) is 27.8. The Morgan fingerprint density at radius 1 is 0.363 bits per heavy atom. The van der Waals surface area contributed by atoms with E-state index in [2.05, 4.69) is 5.32 Å². The van der Waals surface area contributed by atoms with E-state index in [0.29, 0.717) is 0 Å². The molecule has 13 N–H and O–H groups in total. The number of aliphatic carboxylic acids is 4. The number of hydrogen-bond donors (Lipinski definition) is 9. The van der Waals surface area contributed by atoms with Gasteiger partial charge in [0.05, 0.1) is 71.5 Å². The maximum Gasteiger partial charge on any atom is 0.490 e. The van der Waals surface area contributed by atoms with E-state index in [0.717, 1.165) is 44.5 Å². The summed E-state index contributed by atoms with van der Waals surface area (Å²) in [6, 6.07) is 76.0. The molecular formula is C86H95F12N5O21. The third-order valence-electron chi connectivity index (χ3n) is 18.5. The fourth-order valence-corrected chi connectivity index (χ4v) is 12.5. The molecule has 11 rings (SSSR count). The van der Waals surface area contributed by atoms with Crippen LogP contribution in [0.1, 0.15) is 57.3 Å². The molecule has 1 amide bonds. The molecule has 0 spiro atoms. The van der Waals surface area contributed by atoms with Crippen molar-refractivity contribution in [3.8, 4) is 0 Å². The Kier molecular flexibility index (Phi) is 41.1. The predicted molar refractivity (Wildman–Crippen MR) is 418 cm³/mol. The van der Waals surface area contributed by atoms with Gasteiger partial charge in [0.25, 0.3) is 0 Å². The van der Waals surface area contributed by atoms with E-state index in [1.165, 1.54) is 0 Å². The summed E-state index contributed by atoms with van der Waals surface area (Å²) in [7, 11) is 0. The van der Waals surface area contributed by atoms with Crippen LogP contribution in [-0.2, 0) is 134 Å². The lowest BCUT2D eigenvalue weighted by Crippen LogP contribution is -2.70. The largest absolute Gasteiger partial charge is 0.490 e. The van der Waals surface area contributed by atoms with Gasteiger partial charge < -0.3 is 106 Å². The highest BCUT2D eigenvalue weighted by molar-refractivity contribution is 5.81. The molecule has 2 saturated heterocycles. The van der Waals surface area contributed by atoms with Crippen LogP contribution in [0.25, 0.3) is 0 Å². The van der Waals surface area contributed by atoms with Gasteiger partial charge >= 0.3 is 48.6 Å². The monoisotopic (exact) mass is 1760 g/mol. The van der Waals surface area contributed by atoms with Crippen molar-refractivity contribution in [2.75, 3.05) is 19.7 Å². The van der Waals surface area contributed by atoms with E-state index < -0.39 is 152 Å². The number of carboxylic acids is 4. The lowest BCUT2D eigenvalue weighted by molar-refractivity contribution is -0.351. The van der Waals surface area contributed by atoms with Gasteiger partial charge in [-0.15, -0.1) is 0 Å². The summed E-state index contributed by atoms with van der Waals surface area (Å²) in [4.78, 5) is 50.8. The van der Waals surface area contributed by atoms with E-state index in [-0.39, 0.29) is 85.4 Å². The van der Waals surface area contributed by atoms with Crippen molar-refractivity contribution < 1.29 is 154 Å². The first-order valence-corrected chi connectivity index (χ1v) is 38.3. The summed E-state index contributed by atoms with van der Waals surface area (Å²) in [5.41, 5.74) is 35.5. The lowest BCUT2D eigenvalue weighted by atomic mass is 9.83. The highest BCUT2D eigenvalue weighted by Crippen LogP contribution is 2.39.